The van der Waals surface area contributed by atoms with Crippen LogP contribution in [0.5, 0.6) is 0 Å². The van der Waals surface area contributed by atoms with Crippen molar-refractivity contribution in [2.45, 2.75) is 30.8 Å². The molecule has 2 atom stereocenters. The van der Waals surface area contributed by atoms with Gasteiger partial charge < -0.3 is 4.55 Å². The number of nitrogens with one attached hydrogen (secondary N) is 1. The Balaban J connectivity index is 2.51. The van der Waals surface area contributed by atoms with E-state index in [4.69, 9.17) is 11.6 Å². The van der Waals surface area contributed by atoms with Crippen LogP contribution in [0.15, 0.2) is 36.4 Å². The van der Waals surface area contributed by atoms with Gasteiger partial charge in [0.1, 0.15) is 22.3 Å². The zero-order valence-electron chi connectivity index (χ0n) is 13.9. The summed E-state index contributed by atoms with van der Waals surface area (Å²) in [5, 5.41) is -0.207. The lowest BCUT2D eigenvalue weighted by Crippen LogP contribution is -2.42. The molecule has 1 N–H and O–H groups in total. The van der Waals surface area contributed by atoms with Crippen LogP contribution in [0.2, 0.25) is 5.02 Å². The molecule has 2 aromatic rings. The molecular formula is C17H16ClF4N2OS. The molecule has 0 saturated heterocycles. The number of rotatable bonds is 5. The monoisotopic (exact) mass is 407 g/mol. The highest BCUT2D eigenvalue weighted by Gasteiger charge is 2.35. The van der Waals surface area contributed by atoms with Crippen molar-refractivity contribution in [2.24, 2.45) is 0 Å². The minimum absolute atomic E-state index is 0.0277. The summed E-state index contributed by atoms with van der Waals surface area (Å²) < 4.78 is 66.6. The summed E-state index contributed by atoms with van der Waals surface area (Å²) in [4.78, 5) is 3.63. The van der Waals surface area contributed by atoms with Gasteiger partial charge in [0.2, 0.25) is 0 Å². The third-order valence-electron chi connectivity index (χ3n) is 3.36. The van der Waals surface area contributed by atoms with Crippen molar-refractivity contribution in [3.05, 3.63) is 71.1 Å². The Morgan fingerprint density at radius 2 is 1.88 bits per heavy atom. The summed E-state index contributed by atoms with van der Waals surface area (Å²) in [5.41, 5.74) is -0.796. The molecular weight excluding hydrogens is 392 g/mol. The van der Waals surface area contributed by atoms with E-state index in [1.54, 1.807) is 13.8 Å². The number of nitrogens with zero attached hydrogens (tertiary/aromatic N) is 1. The Morgan fingerprint density at radius 3 is 2.42 bits per heavy atom. The number of pyridine rings is 1. The van der Waals surface area contributed by atoms with Crippen LogP contribution in [-0.2, 0) is 17.5 Å². The maximum atomic E-state index is 13.4. The van der Waals surface area contributed by atoms with Crippen molar-refractivity contribution >= 4 is 23.0 Å². The number of benzene rings is 1. The average Bonchev–Trinajstić information content (AvgIpc) is 2.53. The Morgan fingerprint density at radius 1 is 1.23 bits per heavy atom. The molecule has 26 heavy (non-hydrogen) atoms. The van der Waals surface area contributed by atoms with Crippen molar-refractivity contribution in [1.82, 2.24) is 9.71 Å². The minimum Gasteiger partial charge on any atom is -0.598 e. The maximum absolute atomic E-state index is 13.4. The first kappa shape index (κ1) is 21.0. The van der Waals surface area contributed by atoms with Gasteiger partial charge in [0.15, 0.2) is 0 Å². The molecule has 141 valence electrons. The fourth-order valence-electron chi connectivity index (χ4n) is 2.03. The van der Waals surface area contributed by atoms with Crippen molar-refractivity contribution in [1.29, 1.82) is 0 Å². The van der Waals surface area contributed by atoms with Gasteiger partial charge in [-0.25, -0.2) is 9.37 Å². The van der Waals surface area contributed by atoms with Crippen LogP contribution in [-0.4, -0.2) is 14.3 Å². The quantitative estimate of drug-likeness (QED) is 0.569. The third kappa shape index (κ3) is 5.09. The van der Waals surface area contributed by atoms with Crippen LogP contribution in [0, 0.1) is 12.7 Å². The average molecular weight is 408 g/mol. The van der Waals surface area contributed by atoms with Crippen molar-refractivity contribution in [3.8, 4) is 0 Å². The van der Waals surface area contributed by atoms with E-state index in [-0.39, 0.29) is 10.7 Å². The van der Waals surface area contributed by atoms with Gasteiger partial charge >= 0.3 is 6.18 Å². The molecule has 1 aromatic heterocycles. The summed E-state index contributed by atoms with van der Waals surface area (Å²) >= 11 is 4.06. The molecule has 9 heteroatoms. The second kappa shape index (κ2) is 7.72. The van der Waals surface area contributed by atoms with E-state index in [1.165, 1.54) is 24.3 Å². The Hall–Kier alpha value is -1.35. The molecule has 1 heterocycles. The smallest absolute Gasteiger partial charge is 0.433 e. The second-order valence-electron chi connectivity index (χ2n) is 6.20. The van der Waals surface area contributed by atoms with Crippen LogP contribution in [0.4, 0.5) is 17.6 Å². The van der Waals surface area contributed by atoms with E-state index >= 15 is 0 Å². The lowest BCUT2D eigenvalue weighted by atomic mass is 10.0. The van der Waals surface area contributed by atoms with Crippen LogP contribution in [0.25, 0.3) is 0 Å². The molecule has 0 amide bonds. The van der Waals surface area contributed by atoms with Gasteiger partial charge in [-0.2, -0.15) is 13.2 Å². The van der Waals surface area contributed by atoms with Crippen molar-refractivity contribution in [3.63, 3.8) is 0 Å². The van der Waals surface area contributed by atoms with Crippen molar-refractivity contribution in [2.75, 3.05) is 0 Å². The predicted octanol–water partition coefficient (Wildman–Crippen LogP) is 4.85. The van der Waals surface area contributed by atoms with Gasteiger partial charge in [-0.05, 0) is 43.7 Å². The minimum atomic E-state index is -4.63. The van der Waals surface area contributed by atoms with Crippen LogP contribution in [0.1, 0.15) is 36.8 Å². The molecule has 0 aliphatic carbocycles. The molecule has 0 spiro atoms. The zero-order chi connectivity index (χ0) is 19.7. The first-order chi connectivity index (χ1) is 11.9. The van der Waals surface area contributed by atoms with Gasteiger partial charge in [0.25, 0.3) is 0 Å². The standard InChI is InChI=1S/C17H16ClF4N2OS/c1-16(2,3)26(25)24-15(10-7-8-12(19)11(18)9-10)13-5-4-6-14(23-13)17(20,21)22/h4-9,15,24H,1H2,2-3H3/t15-,26-/m1/s1. The lowest BCUT2D eigenvalue weighted by molar-refractivity contribution is -0.141. The topological polar surface area (TPSA) is 48.0 Å². The molecule has 1 aromatic carbocycles. The largest absolute Gasteiger partial charge is 0.598 e. The molecule has 0 aliphatic rings. The SMILES string of the molecule is [CH2]C(C)(C)[S@@+]([O-])N[C@H](c1ccc(F)c(Cl)c1)c1cccc(C(F)(F)F)n1. The van der Waals surface area contributed by atoms with E-state index in [9.17, 15) is 22.1 Å². The van der Waals surface area contributed by atoms with E-state index in [2.05, 4.69) is 16.6 Å². The first-order valence-corrected chi connectivity index (χ1v) is 8.95. The third-order valence-corrected chi connectivity index (χ3v) is 5.10. The second-order valence-corrected chi connectivity index (χ2v) is 8.48. The zero-order valence-corrected chi connectivity index (χ0v) is 15.5. The number of alkyl halides is 3. The molecule has 1 radical (unpaired) electrons. The lowest BCUT2D eigenvalue weighted by Gasteiger charge is -2.28. The number of hydrogen-bond acceptors (Lipinski definition) is 3. The van der Waals surface area contributed by atoms with E-state index in [0.29, 0.717) is 5.56 Å². The molecule has 0 bridgehead atoms. The van der Waals surface area contributed by atoms with Crippen molar-refractivity contribution < 1.29 is 22.1 Å². The molecule has 0 unspecified atom stereocenters. The van der Waals surface area contributed by atoms with E-state index < -0.39 is 39.8 Å². The molecule has 0 aliphatic heterocycles. The number of hydrogen-bond donors (Lipinski definition) is 1. The Kier molecular flexibility index (Phi) is 6.22. The summed E-state index contributed by atoms with van der Waals surface area (Å²) in [5.74, 6) is -0.676. The summed E-state index contributed by atoms with van der Waals surface area (Å²) in [6.07, 6.45) is -4.63. The van der Waals surface area contributed by atoms with E-state index in [0.717, 1.165) is 12.1 Å². The molecule has 2 rings (SSSR count). The Labute approximate surface area is 157 Å². The molecule has 3 nitrogen and oxygen atoms in total. The molecule has 0 saturated carbocycles. The van der Waals surface area contributed by atoms with Crippen LogP contribution in [0.3, 0.4) is 0 Å². The maximum Gasteiger partial charge on any atom is 0.433 e. The van der Waals surface area contributed by atoms with Gasteiger partial charge in [-0.3, -0.25) is 0 Å². The molecule has 0 fully saturated rings. The highest BCUT2D eigenvalue weighted by molar-refractivity contribution is 7.90. The highest BCUT2D eigenvalue weighted by Crippen LogP contribution is 2.31. The van der Waals surface area contributed by atoms with Gasteiger partial charge in [0.05, 0.1) is 10.7 Å². The normalized spacial score (nSPS) is 15.0. The summed E-state index contributed by atoms with van der Waals surface area (Å²) in [6, 6.07) is 6.06. The van der Waals surface area contributed by atoms with Gasteiger partial charge in [0, 0.05) is 18.3 Å². The van der Waals surface area contributed by atoms with Gasteiger partial charge in [-0.15, -0.1) is 4.72 Å². The number of aromatic nitrogens is 1. The van der Waals surface area contributed by atoms with E-state index in [1.807, 2.05) is 0 Å². The fourth-order valence-corrected chi connectivity index (χ4v) is 3.01. The highest BCUT2D eigenvalue weighted by atomic mass is 35.5. The predicted molar refractivity (Wildman–Crippen MR) is 93.2 cm³/mol. The number of halogens is 5. The van der Waals surface area contributed by atoms with Crippen LogP contribution < -0.4 is 4.72 Å². The Bertz CT molecular complexity index is 780. The fraction of sp³-hybridized carbons (Fsp3) is 0.294. The van der Waals surface area contributed by atoms with Crippen LogP contribution >= 0.6 is 11.6 Å². The summed E-state index contributed by atoms with van der Waals surface area (Å²) in [6.45, 7) is 6.95. The summed E-state index contributed by atoms with van der Waals surface area (Å²) in [7, 11) is 0. The first-order valence-electron chi connectivity index (χ1n) is 7.42. The van der Waals surface area contributed by atoms with Gasteiger partial charge in [-0.1, -0.05) is 23.7 Å².